The van der Waals surface area contributed by atoms with E-state index in [-0.39, 0.29) is 45.3 Å². The highest BCUT2D eigenvalue weighted by atomic mass is 16.7. The predicted octanol–water partition coefficient (Wildman–Crippen LogP) is 0.142. The largest absolute Gasteiger partial charge is 0.396 e. The molecule has 0 aromatic heterocycles. The monoisotopic (exact) mass is 450 g/mol. The van der Waals surface area contributed by atoms with Gasteiger partial charge >= 0.3 is 0 Å². The van der Waals surface area contributed by atoms with Crippen molar-refractivity contribution in [3.05, 3.63) is 0 Å². The Morgan fingerprint density at radius 1 is 0.548 bits per heavy atom. The van der Waals surface area contributed by atoms with E-state index in [0.717, 1.165) is 0 Å². The molecule has 0 saturated carbocycles. The molecule has 0 radical (unpaired) electrons. The van der Waals surface area contributed by atoms with Crippen LogP contribution in [0.25, 0.3) is 0 Å². The van der Waals surface area contributed by atoms with E-state index in [1.54, 1.807) is 0 Å². The van der Waals surface area contributed by atoms with Gasteiger partial charge in [-0.05, 0) is 20.8 Å². The normalized spacial score (nSPS) is 41.9. The molecular formula is C21H38O10. The standard InChI is InChI=1S/C21H38O10/c1-16-26-10-19(4-22,11-27-16)6-24-8-21(14-30-18(3)31-15-21)9-25-7-20(5-23)12-28-17(2)29-13-20/h16-18,22-23H,4-15H2,1-3H3. The molecule has 0 aromatic rings. The van der Waals surface area contributed by atoms with E-state index < -0.39 is 16.2 Å². The van der Waals surface area contributed by atoms with Gasteiger partial charge in [-0.1, -0.05) is 0 Å². The molecule has 3 saturated heterocycles. The molecule has 31 heavy (non-hydrogen) atoms. The van der Waals surface area contributed by atoms with Crippen LogP contribution < -0.4 is 0 Å². The van der Waals surface area contributed by atoms with Crippen LogP contribution in [-0.4, -0.2) is 108 Å². The lowest BCUT2D eigenvalue weighted by Crippen LogP contribution is -2.51. The van der Waals surface area contributed by atoms with E-state index >= 15 is 0 Å². The maximum Gasteiger partial charge on any atom is 0.154 e. The van der Waals surface area contributed by atoms with Crippen molar-refractivity contribution in [2.75, 3.05) is 79.3 Å². The predicted molar refractivity (Wildman–Crippen MR) is 107 cm³/mol. The maximum absolute atomic E-state index is 9.86. The van der Waals surface area contributed by atoms with Crippen LogP contribution in [0.2, 0.25) is 0 Å². The Hall–Kier alpha value is -0.400. The lowest BCUT2D eigenvalue weighted by atomic mass is 9.89. The highest BCUT2D eigenvalue weighted by Crippen LogP contribution is 2.31. The van der Waals surface area contributed by atoms with E-state index in [9.17, 15) is 10.2 Å². The van der Waals surface area contributed by atoms with Crippen LogP contribution in [0.3, 0.4) is 0 Å². The van der Waals surface area contributed by atoms with Crippen LogP contribution in [-0.2, 0) is 37.9 Å². The van der Waals surface area contributed by atoms with Crippen molar-refractivity contribution in [2.24, 2.45) is 16.2 Å². The van der Waals surface area contributed by atoms with Crippen molar-refractivity contribution in [1.82, 2.24) is 0 Å². The first-order valence-electron chi connectivity index (χ1n) is 10.9. The second-order valence-corrected chi connectivity index (χ2v) is 9.37. The second kappa shape index (κ2) is 11.1. The number of aliphatic hydroxyl groups is 2. The van der Waals surface area contributed by atoms with Crippen molar-refractivity contribution in [2.45, 2.75) is 39.6 Å². The molecule has 10 heteroatoms. The second-order valence-electron chi connectivity index (χ2n) is 9.37. The smallest absolute Gasteiger partial charge is 0.154 e. The summed E-state index contributed by atoms with van der Waals surface area (Å²) in [5.41, 5.74) is -1.69. The molecule has 0 spiro atoms. The summed E-state index contributed by atoms with van der Waals surface area (Å²) in [6.07, 6.45) is -0.852. The fourth-order valence-corrected chi connectivity index (χ4v) is 3.65. The fourth-order valence-electron chi connectivity index (χ4n) is 3.65. The van der Waals surface area contributed by atoms with Crippen molar-refractivity contribution >= 4 is 0 Å². The van der Waals surface area contributed by atoms with Crippen LogP contribution in [0.1, 0.15) is 20.8 Å². The Morgan fingerprint density at radius 3 is 1.10 bits per heavy atom. The molecule has 3 heterocycles. The third kappa shape index (κ3) is 6.80. The summed E-state index contributed by atoms with van der Waals surface area (Å²) in [5.74, 6) is 0. The molecule has 0 unspecified atom stereocenters. The van der Waals surface area contributed by atoms with E-state index in [1.165, 1.54) is 0 Å². The Kier molecular flexibility index (Phi) is 9.07. The van der Waals surface area contributed by atoms with Crippen LogP contribution in [0.5, 0.6) is 0 Å². The van der Waals surface area contributed by atoms with Crippen molar-refractivity contribution in [1.29, 1.82) is 0 Å². The average molecular weight is 451 g/mol. The lowest BCUT2D eigenvalue weighted by Gasteiger charge is -2.42. The van der Waals surface area contributed by atoms with Crippen molar-refractivity contribution in [3.8, 4) is 0 Å². The average Bonchev–Trinajstić information content (AvgIpc) is 2.79. The summed E-state index contributed by atoms with van der Waals surface area (Å²) in [6, 6.07) is 0. The molecule has 3 rings (SSSR count). The van der Waals surface area contributed by atoms with Gasteiger partial charge < -0.3 is 48.1 Å². The Morgan fingerprint density at radius 2 is 0.806 bits per heavy atom. The summed E-state index contributed by atoms with van der Waals surface area (Å²) in [4.78, 5) is 0. The molecule has 2 N–H and O–H groups in total. The molecule has 0 aliphatic carbocycles. The summed E-state index contributed by atoms with van der Waals surface area (Å²) < 4.78 is 45.7. The maximum atomic E-state index is 9.86. The first kappa shape index (κ1) is 25.2. The summed E-state index contributed by atoms with van der Waals surface area (Å²) in [7, 11) is 0. The van der Waals surface area contributed by atoms with Gasteiger partial charge in [-0.3, -0.25) is 0 Å². The van der Waals surface area contributed by atoms with Crippen LogP contribution >= 0.6 is 0 Å². The van der Waals surface area contributed by atoms with E-state index in [0.29, 0.717) is 52.9 Å². The number of ether oxygens (including phenoxy) is 8. The van der Waals surface area contributed by atoms with Gasteiger partial charge in [-0.15, -0.1) is 0 Å². The molecule has 0 atom stereocenters. The van der Waals surface area contributed by atoms with E-state index in [2.05, 4.69) is 0 Å². The van der Waals surface area contributed by atoms with Gasteiger partial charge in [-0.2, -0.15) is 0 Å². The van der Waals surface area contributed by atoms with Gasteiger partial charge in [0.1, 0.15) is 0 Å². The zero-order valence-electron chi connectivity index (χ0n) is 18.9. The Bertz CT molecular complexity index is 482. The van der Waals surface area contributed by atoms with E-state index in [1.807, 2.05) is 20.8 Å². The molecule has 3 aliphatic rings. The van der Waals surface area contributed by atoms with Crippen LogP contribution in [0.15, 0.2) is 0 Å². The minimum absolute atomic E-state index is 0.0926. The number of aliphatic hydroxyl groups excluding tert-OH is 2. The van der Waals surface area contributed by atoms with Gasteiger partial charge in [-0.25, -0.2) is 0 Å². The third-order valence-corrected chi connectivity index (χ3v) is 6.05. The summed E-state index contributed by atoms with van der Waals surface area (Å²) in [5, 5.41) is 19.7. The molecule has 0 amide bonds. The minimum atomic E-state index is -0.591. The molecule has 3 fully saturated rings. The minimum Gasteiger partial charge on any atom is -0.396 e. The van der Waals surface area contributed by atoms with Gasteiger partial charge in [0, 0.05) is 0 Å². The van der Waals surface area contributed by atoms with E-state index in [4.69, 9.17) is 37.9 Å². The van der Waals surface area contributed by atoms with Crippen molar-refractivity contribution in [3.63, 3.8) is 0 Å². The zero-order chi connectivity index (χ0) is 22.4. The number of rotatable bonds is 10. The van der Waals surface area contributed by atoms with Crippen LogP contribution in [0, 0.1) is 16.2 Å². The number of hydrogen-bond acceptors (Lipinski definition) is 10. The topological polar surface area (TPSA) is 114 Å². The highest BCUT2D eigenvalue weighted by Gasteiger charge is 2.42. The number of hydrogen-bond donors (Lipinski definition) is 2. The first-order chi connectivity index (χ1) is 14.8. The van der Waals surface area contributed by atoms with Gasteiger partial charge in [0.2, 0.25) is 0 Å². The molecule has 182 valence electrons. The lowest BCUT2D eigenvalue weighted by molar-refractivity contribution is -0.265. The van der Waals surface area contributed by atoms with Gasteiger partial charge in [0.05, 0.1) is 95.5 Å². The zero-order valence-corrected chi connectivity index (χ0v) is 18.9. The molecule has 10 nitrogen and oxygen atoms in total. The first-order valence-corrected chi connectivity index (χ1v) is 10.9. The quantitative estimate of drug-likeness (QED) is 0.476. The highest BCUT2D eigenvalue weighted by molar-refractivity contribution is 4.86. The molecular weight excluding hydrogens is 412 g/mol. The third-order valence-electron chi connectivity index (χ3n) is 6.05. The molecule has 0 bridgehead atoms. The van der Waals surface area contributed by atoms with Crippen LogP contribution in [0.4, 0.5) is 0 Å². The van der Waals surface area contributed by atoms with Gasteiger partial charge in [0.15, 0.2) is 18.9 Å². The Labute approximate surface area is 184 Å². The van der Waals surface area contributed by atoms with Gasteiger partial charge in [0.25, 0.3) is 0 Å². The summed E-state index contributed by atoms with van der Waals surface area (Å²) in [6.45, 7) is 8.86. The van der Waals surface area contributed by atoms with Crippen molar-refractivity contribution < 1.29 is 48.1 Å². The fraction of sp³-hybridized carbons (Fsp3) is 1.00. The molecule has 3 aliphatic heterocycles. The molecule has 0 aromatic carbocycles. The summed E-state index contributed by atoms with van der Waals surface area (Å²) >= 11 is 0. The SMILES string of the molecule is CC1OCC(CO)(COCC2(COCC3(CO)COC(C)OC3)COC(C)OC2)CO1. The Balaban J connectivity index is 1.53.